The molecule has 0 aliphatic heterocycles. The summed E-state index contributed by atoms with van der Waals surface area (Å²) in [4.78, 5) is 45.0. The largest absolute Gasteiger partial charge is 0.428 e. The molecular formula is C18H30O8. The van der Waals surface area contributed by atoms with Crippen LogP contribution in [-0.2, 0) is 38.1 Å². The minimum absolute atomic E-state index is 0.239. The Morgan fingerprint density at radius 2 is 0.808 bits per heavy atom. The maximum absolute atomic E-state index is 11.4. The molecule has 0 aromatic heterocycles. The number of hydrogen-bond acceptors (Lipinski definition) is 8. The van der Waals surface area contributed by atoms with E-state index in [1.807, 2.05) is 13.8 Å². The van der Waals surface area contributed by atoms with E-state index in [1.54, 1.807) is 0 Å². The molecule has 0 aliphatic carbocycles. The highest BCUT2D eigenvalue weighted by atomic mass is 16.7. The van der Waals surface area contributed by atoms with Gasteiger partial charge in [-0.15, -0.1) is 0 Å². The maximum atomic E-state index is 11.4. The molecule has 0 amide bonds. The fourth-order valence-electron chi connectivity index (χ4n) is 1.91. The normalized spacial score (nSPS) is 10.1. The number of carbonyl (C=O) groups is 4. The summed E-state index contributed by atoms with van der Waals surface area (Å²) in [7, 11) is 0. The zero-order valence-electron chi connectivity index (χ0n) is 15.8. The summed E-state index contributed by atoms with van der Waals surface area (Å²) in [5, 5.41) is 0. The van der Waals surface area contributed by atoms with Crippen LogP contribution >= 0.6 is 0 Å². The highest BCUT2D eigenvalue weighted by molar-refractivity contribution is 5.71. The maximum Gasteiger partial charge on any atom is 0.308 e. The van der Waals surface area contributed by atoms with Gasteiger partial charge in [0.25, 0.3) is 0 Å². The molecule has 0 rings (SSSR count). The standard InChI is InChI=1S/C18H30O8/c1-3-9-15(19)23-13-25-17(21)11-7-5-6-8-12-18(22)26-14-24-16(20)10-4-2/h3-14H2,1-2H3. The minimum atomic E-state index is -0.414. The van der Waals surface area contributed by atoms with Gasteiger partial charge in [0.05, 0.1) is 0 Å². The van der Waals surface area contributed by atoms with E-state index in [9.17, 15) is 19.2 Å². The van der Waals surface area contributed by atoms with E-state index in [4.69, 9.17) is 18.9 Å². The highest BCUT2D eigenvalue weighted by Gasteiger charge is 2.07. The van der Waals surface area contributed by atoms with Crippen molar-refractivity contribution in [1.29, 1.82) is 0 Å². The van der Waals surface area contributed by atoms with Crippen LogP contribution in [0.1, 0.15) is 78.1 Å². The average Bonchev–Trinajstić information content (AvgIpc) is 2.58. The van der Waals surface area contributed by atoms with Gasteiger partial charge in [0.2, 0.25) is 13.6 Å². The van der Waals surface area contributed by atoms with Crippen molar-refractivity contribution in [1.82, 2.24) is 0 Å². The second-order valence-electron chi connectivity index (χ2n) is 5.72. The molecule has 0 aromatic rings. The van der Waals surface area contributed by atoms with Gasteiger partial charge in [-0.25, -0.2) is 0 Å². The molecule has 150 valence electrons. The number of rotatable bonds is 15. The Balaban J connectivity index is 3.46. The van der Waals surface area contributed by atoms with Gasteiger partial charge in [0.1, 0.15) is 0 Å². The molecule has 26 heavy (non-hydrogen) atoms. The highest BCUT2D eigenvalue weighted by Crippen LogP contribution is 2.07. The summed E-state index contributed by atoms with van der Waals surface area (Å²) in [6.07, 6.45) is 5.26. The molecule has 0 heterocycles. The Hall–Kier alpha value is -2.12. The molecule has 0 saturated heterocycles. The summed E-state index contributed by atoms with van der Waals surface area (Å²) in [6, 6.07) is 0. The lowest BCUT2D eigenvalue weighted by molar-refractivity contribution is -0.169. The average molecular weight is 374 g/mol. The molecule has 0 radical (unpaired) electrons. The predicted octanol–water partition coefficient (Wildman–Crippen LogP) is 3.02. The second-order valence-corrected chi connectivity index (χ2v) is 5.72. The first-order chi connectivity index (χ1) is 12.5. The van der Waals surface area contributed by atoms with Crippen molar-refractivity contribution in [2.45, 2.75) is 78.1 Å². The van der Waals surface area contributed by atoms with E-state index in [1.165, 1.54) is 0 Å². The molecule has 0 unspecified atom stereocenters. The molecule has 0 aliphatic rings. The number of ether oxygens (including phenoxy) is 4. The number of esters is 4. The van der Waals surface area contributed by atoms with Gasteiger partial charge >= 0.3 is 23.9 Å². The van der Waals surface area contributed by atoms with E-state index in [0.717, 1.165) is 12.8 Å². The Kier molecular flexibility index (Phi) is 15.0. The van der Waals surface area contributed by atoms with Crippen LogP contribution in [0, 0.1) is 0 Å². The Labute approximate surface area is 154 Å². The Morgan fingerprint density at radius 3 is 1.12 bits per heavy atom. The van der Waals surface area contributed by atoms with E-state index >= 15 is 0 Å². The van der Waals surface area contributed by atoms with Crippen LogP contribution < -0.4 is 0 Å². The van der Waals surface area contributed by atoms with Crippen molar-refractivity contribution in [3.05, 3.63) is 0 Å². The van der Waals surface area contributed by atoms with Crippen molar-refractivity contribution in [3.63, 3.8) is 0 Å². The summed E-state index contributed by atoms with van der Waals surface area (Å²) in [6.45, 7) is 3.03. The van der Waals surface area contributed by atoms with Gasteiger partial charge in [-0.05, 0) is 25.7 Å². The second kappa shape index (κ2) is 16.4. The van der Waals surface area contributed by atoms with E-state index in [2.05, 4.69) is 0 Å². The van der Waals surface area contributed by atoms with Gasteiger partial charge in [-0.2, -0.15) is 0 Å². The molecule has 0 saturated carbocycles. The summed E-state index contributed by atoms with van der Waals surface area (Å²) in [5.74, 6) is -1.59. The van der Waals surface area contributed by atoms with Gasteiger partial charge in [-0.3, -0.25) is 19.2 Å². The summed E-state index contributed by atoms with van der Waals surface area (Å²) >= 11 is 0. The molecule has 0 bridgehead atoms. The van der Waals surface area contributed by atoms with Crippen LogP contribution in [0.25, 0.3) is 0 Å². The molecule has 0 spiro atoms. The van der Waals surface area contributed by atoms with Crippen molar-refractivity contribution in [2.24, 2.45) is 0 Å². The molecule has 0 atom stereocenters. The third-order valence-corrected chi connectivity index (χ3v) is 3.30. The molecule has 0 fully saturated rings. The van der Waals surface area contributed by atoms with Crippen molar-refractivity contribution in [2.75, 3.05) is 13.6 Å². The first kappa shape index (κ1) is 23.9. The number of carbonyl (C=O) groups excluding carboxylic acids is 4. The fraction of sp³-hybridized carbons (Fsp3) is 0.778. The number of unbranched alkanes of at least 4 members (excludes halogenated alkanes) is 3. The van der Waals surface area contributed by atoms with Crippen LogP contribution in [0.15, 0.2) is 0 Å². The first-order valence-corrected chi connectivity index (χ1v) is 9.12. The van der Waals surface area contributed by atoms with Gasteiger partial charge < -0.3 is 18.9 Å². The lowest BCUT2D eigenvalue weighted by Crippen LogP contribution is -2.12. The lowest BCUT2D eigenvalue weighted by Gasteiger charge is -2.06. The van der Waals surface area contributed by atoms with Crippen molar-refractivity contribution < 1.29 is 38.1 Å². The third-order valence-electron chi connectivity index (χ3n) is 3.30. The predicted molar refractivity (Wildman–Crippen MR) is 91.6 cm³/mol. The monoisotopic (exact) mass is 374 g/mol. The van der Waals surface area contributed by atoms with Crippen LogP contribution in [0.3, 0.4) is 0 Å². The lowest BCUT2D eigenvalue weighted by atomic mass is 10.1. The Bertz CT molecular complexity index is 393. The van der Waals surface area contributed by atoms with Crippen LogP contribution in [0.5, 0.6) is 0 Å². The summed E-state index contributed by atoms with van der Waals surface area (Å²) < 4.78 is 19.0. The number of hydrogen-bond donors (Lipinski definition) is 0. The van der Waals surface area contributed by atoms with Gasteiger partial charge in [0.15, 0.2) is 0 Å². The third kappa shape index (κ3) is 15.4. The van der Waals surface area contributed by atoms with E-state index < -0.39 is 11.9 Å². The molecular weight excluding hydrogens is 344 g/mol. The molecule has 8 heteroatoms. The first-order valence-electron chi connectivity index (χ1n) is 9.12. The topological polar surface area (TPSA) is 105 Å². The van der Waals surface area contributed by atoms with Crippen LogP contribution in [0.4, 0.5) is 0 Å². The van der Waals surface area contributed by atoms with Crippen molar-refractivity contribution >= 4 is 23.9 Å². The van der Waals surface area contributed by atoms with Crippen LogP contribution in [0.2, 0.25) is 0 Å². The quantitative estimate of drug-likeness (QED) is 0.245. The summed E-state index contributed by atoms with van der Waals surface area (Å²) in [5.41, 5.74) is 0. The van der Waals surface area contributed by atoms with Crippen LogP contribution in [-0.4, -0.2) is 37.5 Å². The van der Waals surface area contributed by atoms with E-state index in [-0.39, 0.29) is 38.4 Å². The molecule has 0 aromatic carbocycles. The molecule has 0 N–H and O–H groups in total. The van der Waals surface area contributed by atoms with Gasteiger partial charge in [0, 0.05) is 25.7 Å². The van der Waals surface area contributed by atoms with Crippen molar-refractivity contribution in [3.8, 4) is 0 Å². The zero-order valence-corrected chi connectivity index (χ0v) is 15.8. The van der Waals surface area contributed by atoms with Gasteiger partial charge in [-0.1, -0.05) is 26.7 Å². The fourth-order valence-corrected chi connectivity index (χ4v) is 1.91. The van der Waals surface area contributed by atoms with E-state index in [0.29, 0.717) is 38.5 Å². The zero-order chi connectivity index (χ0) is 19.6. The SMILES string of the molecule is CCCC(=O)OCOC(=O)CCCCCCC(=O)OCOC(=O)CCC. The minimum Gasteiger partial charge on any atom is -0.428 e. The molecule has 8 nitrogen and oxygen atoms in total. The Morgan fingerprint density at radius 1 is 0.500 bits per heavy atom. The smallest absolute Gasteiger partial charge is 0.308 e.